The van der Waals surface area contributed by atoms with Crippen LogP contribution in [0.15, 0.2) is 46.5 Å². The lowest BCUT2D eigenvalue weighted by Gasteiger charge is -2.06. The maximum absolute atomic E-state index is 12.2. The lowest BCUT2D eigenvalue weighted by atomic mass is 10.5. The molecule has 17 heavy (non-hydrogen) atoms. The van der Waals surface area contributed by atoms with Crippen LogP contribution in [0.4, 0.5) is 0 Å². The van der Waals surface area contributed by atoms with Crippen molar-refractivity contribution in [2.75, 3.05) is 0 Å². The van der Waals surface area contributed by atoms with Crippen LogP contribution < -0.4 is 0 Å². The maximum atomic E-state index is 12.2. The van der Waals surface area contributed by atoms with E-state index in [0.717, 1.165) is 0 Å². The molecule has 0 saturated carbocycles. The van der Waals surface area contributed by atoms with Crippen LogP contribution in [0.25, 0.3) is 0 Å². The van der Waals surface area contributed by atoms with Gasteiger partial charge in [0.05, 0.1) is 0 Å². The van der Waals surface area contributed by atoms with Crippen molar-refractivity contribution >= 4 is 33.0 Å². The van der Waals surface area contributed by atoms with Crippen LogP contribution in [0.3, 0.4) is 0 Å². The molecule has 7 heteroatoms. The average molecular weight is 289 g/mol. The molecular formula is C10H6Cl2N2O2S. The van der Waals surface area contributed by atoms with Crippen molar-refractivity contribution in [1.82, 2.24) is 9.97 Å². The predicted octanol–water partition coefficient (Wildman–Crippen LogP) is 2.62. The Morgan fingerprint density at radius 3 is 1.65 bits per heavy atom. The van der Waals surface area contributed by atoms with Gasteiger partial charge in [-0.25, -0.2) is 18.4 Å². The van der Waals surface area contributed by atoms with E-state index in [1.54, 1.807) is 0 Å². The normalized spacial score (nSPS) is 11.4. The average Bonchev–Trinajstić information content (AvgIpc) is 2.29. The molecule has 0 aliphatic rings. The minimum absolute atomic E-state index is 0.0865. The molecular weight excluding hydrogens is 283 g/mol. The maximum Gasteiger partial charge on any atom is 0.212 e. The van der Waals surface area contributed by atoms with Crippen LogP contribution in [-0.2, 0) is 9.84 Å². The van der Waals surface area contributed by atoms with Gasteiger partial charge in [-0.1, -0.05) is 23.2 Å². The van der Waals surface area contributed by atoms with E-state index in [9.17, 15) is 8.42 Å². The first-order valence-corrected chi connectivity index (χ1v) is 6.73. The summed E-state index contributed by atoms with van der Waals surface area (Å²) >= 11 is 11.5. The molecule has 0 N–H and O–H groups in total. The highest BCUT2D eigenvalue weighted by Gasteiger charge is 2.24. The number of rotatable bonds is 2. The van der Waals surface area contributed by atoms with Crippen molar-refractivity contribution in [1.29, 1.82) is 0 Å². The van der Waals surface area contributed by atoms with E-state index in [4.69, 9.17) is 23.2 Å². The van der Waals surface area contributed by atoms with Gasteiger partial charge in [-0.05, 0) is 24.3 Å². The number of aromatic nitrogens is 2. The zero-order valence-corrected chi connectivity index (χ0v) is 10.7. The van der Waals surface area contributed by atoms with Crippen LogP contribution in [0.2, 0.25) is 10.3 Å². The fourth-order valence-corrected chi connectivity index (χ4v) is 3.41. The first-order chi connectivity index (χ1) is 8.03. The highest BCUT2D eigenvalue weighted by Crippen LogP contribution is 2.28. The van der Waals surface area contributed by atoms with E-state index in [1.807, 2.05) is 0 Å². The van der Waals surface area contributed by atoms with Gasteiger partial charge < -0.3 is 0 Å². The molecule has 2 aromatic rings. The topological polar surface area (TPSA) is 59.9 Å². The molecule has 0 radical (unpaired) electrons. The number of pyridine rings is 2. The standard InChI is InChI=1S/C10H6Cl2N2O2S/c11-9-7(3-1-5-13-9)17(15,16)8-4-2-6-14-10(8)12/h1-6H. The fraction of sp³-hybridized carbons (Fsp3) is 0. The van der Waals surface area contributed by atoms with E-state index >= 15 is 0 Å². The molecule has 0 aliphatic heterocycles. The third-order valence-electron chi connectivity index (χ3n) is 2.03. The van der Waals surface area contributed by atoms with Crippen LogP contribution in [0, 0.1) is 0 Å². The first kappa shape index (κ1) is 12.3. The zero-order chi connectivity index (χ0) is 12.5. The molecule has 0 amide bonds. The van der Waals surface area contributed by atoms with Crippen molar-refractivity contribution in [2.24, 2.45) is 0 Å². The molecule has 0 atom stereocenters. The van der Waals surface area contributed by atoms with E-state index in [2.05, 4.69) is 9.97 Å². The highest BCUT2D eigenvalue weighted by atomic mass is 35.5. The second-order valence-electron chi connectivity index (χ2n) is 3.09. The molecule has 0 aliphatic carbocycles. The second kappa shape index (κ2) is 4.60. The highest BCUT2D eigenvalue weighted by molar-refractivity contribution is 7.91. The number of hydrogen-bond acceptors (Lipinski definition) is 4. The summed E-state index contributed by atoms with van der Waals surface area (Å²) in [5.74, 6) is 0. The van der Waals surface area contributed by atoms with Gasteiger partial charge in [-0.3, -0.25) is 0 Å². The monoisotopic (exact) mass is 288 g/mol. The number of sulfone groups is 1. The van der Waals surface area contributed by atoms with Crippen molar-refractivity contribution in [2.45, 2.75) is 9.79 Å². The lowest BCUT2D eigenvalue weighted by Crippen LogP contribution is -2.04. The van der Waals surface area contributed by atoms with E-state index in [-0.39, 0.29) is 20.1 Å². The van der Waals surface area contributed by atoms with E-state index in [1.165, 1.54) is 36.7 Å². The quantitative estimate of drug-likeness (QED) is 0.797. The largest absolute Gasteiger partial charge is 0.243 e. The van der Waals surface area contributed by atoms with Gasteiger partial charge in [-0.2, -0.15) is 0 Å². The number of nitrogens with zero attached hydrogens (tertiary/aromatic N) is 2. The van der Waals surface area contributed by atoms with Crippen molar-refractivity contribution in [3.05, 3.63) is 47.0 Å². The molecule has 0 aromatic carbocycles. The third-order valence-corrected chi connectivity index (χ3v) is 4.67. The summed E-state index contributed by atoms with van der Waals surface area (Å²) in [6.45, 7) is 0. The van der Waals surface area contributed by atoms with Crippen LogP contribution in [0.1, 0.15) is 0 Å². The SMILES string of the molecule is O=S(=O)(c1cccnc1Cl)c1cccnc1Cl. The summed E-state index contributed by atoms with van der Waals surface area (Å²) in [6.07, 6.45) is 2.82. The Kier molecular flexibility index (Phi) is 3.33. The molecule has 2 rings (SSSR count). The van der Waals surface area contributed by atoms with Crippen LogP contribution >= 0.6 is 23.2 Å². The van der Waals surface area contributed by atoms with Gasteiger partial charge in [0.1, 0.15) is 20.1 Å². The summed E-state index contributed by atoms with van der Waals surface area (Å²) < 4.78 is 24.5. The van der Waals surface area contributed by atoms with Gasteiger partial charge in [0.2, 0.25) is 9.84 Å². The second-order valence-corrected chi connectivity index (χ2v) is 5.69. The molecule has 88 valence electrons. The number of hydrogen-bond donors (Lipinski definition) is 0. The Balaban J connectivity index is 2.67. The summed E-state index contributed by atoms with van der Waals surface area (Å²) in [5.41, 5.74) is 0. The van der Waals surface area contributed by atoms with Gasteiger partial charge in [0.25, 0.3) is 0 Å². The Labute approximate surface area is 108 Å². The summed E-state index contributed by atoms with van der Waals surface area (Å²) in [6, 6.07) is 5.72. The summed E-state index contributed by atoms with van der Waals surface area (Å²) in [7, 11) is -3.79. The molecule has 0 bridgehead atoms. The number of halogens is 2. The Morgan fingerprint density at radius 2 is 1.29 bits per heavy atom. The minimum Gasteiger partial charge on any atom is -0.243 e. The molecule has 0 fully saturated rings. The smallest absolute Gasteiger partial charge is 0.212 e. The predicted molar refractivity (Wildman–Crippen MR) is 63.9 cm³/mol. The molecule has 4 nitrogen and oxygen atoms in total. The van der Waals surface area contributed by atoms with E-state index in [0.29, 0.717) is 0 Å². The third kappa shape index (κ3) is 2.26. The van der Waals surface area contributed by atoms with E-state index < -0.39 is 9.84 Å². The van der Waals surface area contributed by atoms with Crippen molar-refractivity contribution < 1.29 is 8.42 Å². The molecule has 0 saturated heterocycles. The van der Waals surface area contributed by atoms with Gasteiger partial charge in [-0.15, -0.1) is 0 Å². The minimum atomic E-state index is -3.79. The van der Waals surface area contributed by atoms with Crippen molar-refractivity contribution in [3.8, 4) is 0 Å². The van der Waals surface area contributed by atoms with Crippen molar-refractivity contribution in [3.63, 3.8) is 0 Å². The molecule has 2 heterocycles. The fourth-order valence-electron chi connectivity index (χ4n) is 1.26. The summed E-state index contributed by atoms with van der Waals surface area (Å²) in [4.78, 5) is 7.27. The molecule has 0 unspecified atom stereocenters. The zero-order valence-electron chi connectivity index (χ0n) is 8.34. The van der Waals surface area contributed by atoms with Gasteiger partial charge in [0.15, 0.2) is 0 Å². The Morgan fingerprint density at radius 1 is 0.882 bits per heavy atom. The van der Waals surface area contributed by atoms with Gasteiger partial charge in [0, 0.05) is 12.4 Å². The van der Waals surface area contributed by atoms with Crippen LogP contribution in [-0.4, -0.2) is 18.4 Å². The summed E-state index contributed by atoms with van der Waals surface area (Å²) in [5, 5.41) is -0.181. The Hall–Kier alpha value is -1.17. The first-order valence-electron chi connectivity index (χ1n) is 4.49. The lowest BCUT2D eigenvalue weighted by molar-refractivity contribution is 0.595. The molecule has 0 spiro atoms. The van der Waals surface area contributed by atoms with Gasteiger partial charge >= 0.3 is 0 Å². The van der Waals surface area contributed by atoms with Crippen LogP contribution in [0.5, 0.6) is 0 Å². The molecule has 2 aromatic heterocycles. The Bertz CT molecular complexity index is 607.